The number of nitrogens with two attached hydrogens (primary N) is 1. The van der Waals surface area contributed by atoms with Crippen molar-refractivity contribution in [2.24, 2.45) is 5.73 Å². The molecule has 0 saturated carbocycles. The molecule has 1 aliphatic rings. The maximum absolute atomic E-state index is 13.4. The standard InChI is InChI=1S/C25H30N4O7S/c1-4-34-25-19(12-24(31)36-25)28-37(32,33)22-8-6-17(11-23(26)30)10-21(22)35-13-16(3)29-14-27-18-7-5-15(2)9-20(18)29/h5-10,14,16,19,25,28H,4,11-13H2,1-3H3,(H2,26,30). The van der Waals surface area contributed by atoms with E-state index in [0.717, 1.165) is 16.6 Å². The van der Waals surface area contributed by atoms with Crippen LogP contribution in [0, 0.1) is 6.92 Å². The third-order valence-electron chi connectivity index (χ3n) is 5.96. The van der Waals surface area contributed by atoms with Crippen LogP contribution in [0.1, 0.15) is 37.4 Å². The number of cyclic esters (lactones) is 1. The molecule has 1 fully saturated rings. The average Bonchev–Trinajstić information content (AvgIpc) is 3.39. The number of rotatable bonds is 11. The first-order valence-electron chi connectivity index (χ1n) is 11.9. The molecule has 1 saturated heterocycles. The van der Waals surface area contributed by atoms with Crippen LogP contribution in [0.2, 0.25) is 0 Å². The second-order valence-corrected chi connectivity index (χ2v) is 10.7. The van der Waals surface area contributed by atoms with E-state index in [4.69, 9.17) is 19.9 Å². The van der Waals surface area contributed by atoms with Gasteiger partial charge in [0.25, 0.3) is 0 Å². The van der Waals surface area contributed by atoms with E-state index in [1.54, 1.807) is 13.3 Å². The van der Waals surface area contributed by atoms with Crippen molar-refractivity contribution in [3.8, 4) is 5.75 Å². The van der Waals surface area contributed by atoms with Gasteiger partial charge in [0.2, 0.25) is 22.2 Å². The van der Waals surface area contributed by atoms with Crippen molar-refractivity contribution in [2.45, 2.75) is 56.9 Å². The Morgan fingerprint density at radius 2 is 2.08 bits per heavy atom. The molecule has 37 heavy (non-hydrogen) atoms. The summed E-state index contributed by atoms with van der Waals surface area (Å²) >= 11 is 0. The van der Waals surface area contributed by atoms with Crippen molar-refractivity contribution in [3.63, 3.8) is 0 Å². The molecule has 1 aromatic heterocycles. The van der Waals surface area contributed by atoms with E-state index < -0.39 is 34.2 Å². The summed E-state index contributed by atoms with van der Waals surface area (Å²) in [6, 6.07) is 9.18. The molecule has 3 N–H and O–H groups in total. The Hall–Kier alpha value is -3.48. The van der Waals surface area contributed by atoms with Gasteiger partial charge in [0, 0.05) is 6.61 Å². The Morgan fingerprint density at radius 3 is 2.81 bits per heavy atom. The molecule has 2 heterocycles. The van der Waals surface area contributed by atoms with E-state index in [9.17, 15) is 18.0 Å². The number of carbonyl (C=O) groups is 2. The van der Waals surface area contributed by atoms with Crippen LogP contribution in [-0.4, -0.2) is 55.4 Å². The van der Waals surface area contributed by atoms with Gasteiger partial charge in [0.05, 0.1) is 42.3 Å². The summed E-state index contributed by atoms with van der Waals surface area (Å²) in [7, 11) is -4.16. The number of nitrogens with zero attached hydrogens (tertiary/aromatic N) is 2. The Balaban J connectivity index is 1.60. The number of nitrogens with one attached hydrogen (secondary N) is 1. The van der Waals surface area contributed by atoms with Crippen LogP contribution in [0.25, 0.3) is 11.0 Å². The van der Waals surface area contributed by atoms with Gasteiger partial charge < -0.3 is 24.5 Å². The number of carbonyl (C=O) groups excluding carboxylic acids is 2. The third-order valence-corrected chi connectivity index (χ3v) is 7.49. The number of primary amides is 1. The smallest absolute Gasteiger partial charge is 0.310 e. The highest BCUT2D eigenvalue weighted by Gasteiger charge is 2.39. The minimum Gasteiger partial charge on any atom is -0.490 e. The minimum atomic E-state index is -4.16. The van der Waals surface area contributed by atoms with Gasteiger partial charge >= 0.3 is 5.97 Å². The van der Waals surface area contributed by atoms with Gasteiger partial charge in [-0.05, 0) is 56.2 Å². The molecule has 3 aromatic rings. The van der Waals surface area contributed by atoms with Crippen LogP contribution in [0.3, 0.4) is 0 Å². The van der Waals surface area contributed by atoms with Gasteiger partial charge in [0.1, 0.15) is 17.3 Å². The summed E-state index contributed by atoms with van der Waals surface area (Å²) in [6.45, 7) is 6.00. The molecule has 11 nitrogen and oxygen atoms in total. The third kappa shape index (κ3) is 6.09. The fourth-order valence-electron chi connectivity index (χ4n) is 4.19. The first-order chi connectivity index (χ1) is 17.6. The van der Waals surface area contributed by atoms with E-state index in [-0.39, 0.29) is 42.7 Å². The Bertz CT molecular complexity index is 1420. The SMILES string of the molecule is CCOC1OC(=O)CC1NS(=O)(=O)c1ccc(CC(N)=O)cc1OCC(C)n1cnc2ccc(C)cc21. The number of ether oxygens (including phenoxy) is 3. The average molecular weight is 531 g/mol. The summed E-state index contributed by atoms with van der Waals surface area (Å²) in [4.78, 5) is 27.5. The van der Waals surface area contributed by atoms with Crippen molar-refractivity contribution in [2.75, 3.05) is 13.2 Å². The van der Waals surface area contributed by atoms with E-state index in [2.05, 4.69) is 9.71 Å². The molecule has 3 unspecified atom stereocenters. The number of aryl methyl sites for hydroxylation is 1. The fourth-order valence-corrected chi connectivity index (χ4v) is 5.54. The van der Waals surface area contributed by atoms with Crippen LogP contribution in [0.4, 0.5) is 0 Å². The number of hydrogen-bond acceptors (Lipinski definition) is 8. The minimum absolute atomic E-state index is 0.0527. The highest BCUT2D eigenvalue weighted by atomic mass is 32.2. The molecule has 4 rings (SSSR count). The van der Waals surface area contributed by atoms with Crippen molar-refractivity contribution in [3.05, 3.63) is 53.9 Å². The summed E-state index contributed by atoms with van der Waals surface area (Å²) < 4.78 is 47.6. The van der Waals surface area contributed by atoms with Gasteiger partial charge in [0.15, 0.2) is 0 Å². The number of aromatic nitrogens is 2. The van der Waals surface area contributed by atoms with E-state index in [1.807, 2.05) is 36.6 Å². The largest absolute Gasteiger partial charge is 0.490 e. The lowest BCUT2D eigenvalue weighted by molar-refractivity contribution is -0.163. The summed E-state index contributed by atoms with van der Waals surface area (Å²) in [5, 5.41) is 0. The van der Waals surface area contributed by atoms with Gasteiger partial charge in [-0.15, -0.1) is 0 Å². The molecule has 12 heteroatoms. The molecular formula is C25H30N4O7S. The zero-order valence-corrected chi connectivity index (χ0v) is 21.7. The number of sulfonamides is 1. The van der Waals surface area contributed by atoms with Crippen molar-refractivity contribution < 1.29 is 32.2 Å². The quantitative estimate of drug-likeness (QED) is 0.357. The van der Waals surface area contributed by atoms with Crippen molar-refractivity contribution >= 4 is 32.9 Å². The Morgan fingerprint density at radius 1 is 1.30 bits per heavy atom. The van der Waals surface area contributed by atoms with Crippen molar-refractivity contribution in [1.29, 1.82) is 0 Å². The van der Waals surface area contributed by atoms with Gasteiger partial charge in [-0.1, -0.05) is 12.1 Å². The second kappa shape index (κ2) is 10.9. The lowest BCUT2D eigenvalue weighted by Gasteiger charge is -2.21. The highest BCUT2D eigenvalue weighted by Crippen LogP contribution is 2.29. The maximum Gasteiger partial charge on any atom is 0.310 e. The predicted octanol–water partition coefficient (Wildman–Crippen LogP) is 1.97. The van der Waals surface area contributed by atoms with E-state index in [1.165, 1.54) is 18.2 Å². The van der Waals surface area contributed by atoms with Crippen LogP contribution in [0.5, 0.6) is 5.75 Å². The first-order valence-corrected chi connectivity index (χ1v) is 13.4. The van der Waals surface area contributed by atoms with Gasteiger partial charge in [-0.2, -0.15) is 0 Å². The highest BCUT2D eigenvalue weighted by molar-refractivity contribution is 7.89. The summed E-state index contributed by atoms with van der Waals surface area (Å²) in [5.74, 6) is -1.07. The molecule has 0 radical (unpaired) electrons. The maximum atomic E-state index is 13.4. The van der Waals surface area contributed by atoms with E-state index in [0.29, 0.717) is 5.56 Å². The van der Waals surface area contributed by atoms with Crippen LogP contribution in [0.15, 0.2) is 47.6 Å². The van der Waals surface area contributed by atoms with Gasteiger partial charge in [-0.25, -0.2) is 18.1 Å². The lowest BCUT2D eigenvalue weighted by atomic mass is 10.1. The molecule has 2 aromatic carbocycles. The molecule has 198 valence electrons. The van der Waals surface area contributed by atoms with Crippen LogP contribution >= 0.6 is 0 Å². The summed E-state index contributed by atoms with van der Waals surface area (Å²) in [6.07, 6.45) is 0.446. The van der Waals surface area contributed by atoms with Gasteiger partial charge in [-0.3, -0.25) is 9.59 Å². The summed E-state index contributed by atoms with van der Waals surface area (Å²) in [5.41, 5.74) is 8.69. The number of hydrogen-bond donors (Lipinski definition) is 2. The Kier molecular flexibility index (Phi) is 7.81. The molecular weight excluding hydrogens is 500 g/mol. The molecule has 0 aliphatic carbocycles. The number of amides is 1. The second-order valence-electron chi connectivity index (χ2n) is 8.97. The zero-order valence-electron chi connectivity index (χ0n) is 20.8. The van der Waals surface area contributed by atoms with Crippen LogP contribution < -0.4 is 15.2 Å². The topological polar surface area (TPSA) is 152 Å². The molecule has 0 bridgehead atoms. The normalized spacial score (nSPS) is 18.6. The molecule has 0 spiro atoms. The number of fused-ring (bicyclic) bond motifs is 1. The zero-order chi connectivity index (χ0) is 26.7. The fraction of sp³-hybridized carbons (Fsp3) is 0.400. The number of benzene rings is 2. The molecule has 1 aliphatic heterocycles. The molecule has 1 amide bonds. The monoisotopic (exact) mass is 530 g/mol. The van der Waals surface area contributed by atoms with Crippen molar-refractivity contribution in [1.82, 2.24) is 14.3 Å². The number of esters is 1. The number of imidazole rings is 1. The van der Waals surface area contributed by atoms with E-state index >= 15 is 0 Å². The Labute approximate surface area is 214 Å². The lowest BCUT2D eigenvalue weighted by Crippen LogP contribution is -2.41. The first kappa shape index (κ1) is 26.6. The molecule has 3 atom stereocenters. The van der Waals surface area contributed by atoms with Crippen LogP contribution in [-0.2, 0) is 35.5 Å². The predicted molar refractivity (Wildman–Crippen MR) is 134 cm³/mol.